The van der Waals surface area contributed by atoms with Crippen molar-refractivity contribution in [3.8, 4) is 5.69 Å². The number of benzene rings is 1. The van der Waals surface area contributed by atoms with Gasteiger partial charge in [-0.1, -0.05) is 0 Å². The van der Waals surface area contributed by atoms with E-state index in [4.69, 9.17) is 0 Å². The number of aryl methyl sites for hydroxylation is 1. The van der Waals surface area contributed by atoms with E-state index in [1.807, 2.05) is 20.8 Å². The van der Waals surface area contributed by atoms with Crippen LogP contribution in [0.4, 0.5) is 18.0 Å². The van der Waals surface area contributed by atoms with Crippen molar-refractivity contribution in [2.24, 2.45) is 4.99 Å². The van der Waals surface area contributed by atoms with Crippen molar-refractivity contribution in [3.63, 3.8) is 0 Å². The van der Waals surface area contributed by atoms with Gasteiger partial charge in [-0.15, -0.1) is 11.3 Å². The molecule has 0 aliphatic rings. The van der Waals surface area contributed by atoms with Crippen LogP contribution >= 0.6 is 11.3 Å². The molecule has 2 amide bonds. The fourth-order valence-corrected chi connectivity index (χ4v) is 2.74. The van der Waals surface area contributed by atoms with Crippen molar-refractivity contribution in [3.05, 3.63) is 45.7 Å². The zero-order chi connectivity index (χ0) is 18.1. The van der Waals surface area contributed by atoms with Crippen molar-refractivity contribution in [2.75, 3.05) is 7.05 Å². The third kappa shape index (κ3) is 4.05. The van der Waals surface area contributed by atoms with Gasteiger partial charge in [0.05, 0.1) is 5.56 Å². The van der Waals surface area contributed by atoms with Crippen LogP contribution in [0.2, 0.25) is 0 Å². The molecule has 0 saturated heterocycles. The summed E-state index contributed by atoms with van der Waals surface area (Å²) in [5.74, 6) is 0. The third-order valence-corrected chi connectivity index (χ3v) is 4.41. The van der Waals surface area contributed by atoms with Gasteiger partial charge in [-0.3, -0.25) is 4.57 Å². The number of rotatable bonds is 2. The first kappa shape index (κ1) is 18.3. The van der Waals surface area contributed by atoms with Gasteiger partial charge in [0.2, 0.25) is 0 Å². The molecule has 4 nitrogen and oxygen atoms in total. The van der Waals surface area contributed by atoms with E-state index in [-0.39, 0.29) is 6.04 Å². The monoisotopic (exact) mass is 357 g/mol. The van der Waals surface area contributed by atoms with E-state index in [1.165, 1.54) is 28.4 Å². The smallest absolute Gasteiger partial charge is 0.323 e. The Kier molecular flexibility index (Phi) is 5.17. The summed E-state index contributed by atoms with van der Waals surface area (Å²) in [6, 6.07) is 4.37. The topological polar surface area (TPSA) is 37.6 Å². The molecule has 0 radical (unpaired) electrons. The Morgan fingerprint density at radius 1 is 1.25 bits per heavy atom. The number of carbonyl (C=O) groups excluding carboxylic acids is 1. The highest BCUT2D eigenvalue weighted by Gasteiger charge is 2.30. The van der Waals surface area contributed by atoms with Crippen LogP contribution in [0.5, 0.6) is 0 Å². The normalized spacial score (nSPS) is 12.8. The van der Waals surface area contributed by atoms with Crippen molar-refractivity contribution in [2.45, 2.75) is 33.0 Å². The molecule has 0 aliphatic heterocycles. The summed E-state index contributed by atoms with van der Waals surface area (Å²) in [6.45, 7) is 5.59. The second kappa shape index (κ2) is 6.80. The Bertz CT molecular complexity index is 788. The summed E-state index contributed by atoms with van der Waals surface area (Å²) >= 11 is 1.30. The summed E-state index contributed by atoms with van der Waals surface area (Å²) < 4.78 is 39.6. The highest BCUT2D eigenvalue weighted by Crippen LogP contribution is 2.29. The first-order valence-corrected chi connectivity index (χ1v) is 8.09. The number of thiazole rings is 1. The van der Waals surface area contributed by atoms with Crippen LogP contribution in [0.25, 0.3) is 5.69 Å². The van der Waals surface area contributed by atoms with Gasteiger partial charge in [0, 0.05) is 29.9 Å². The summed E-state index contributed by atoms with van der Waals surface area (Å²) in [6.07, 6.45) is -2.63. The van der Waals surface area contributed by atoms with Crippen LogP contribution in [0.1, 0.15) is 24.3 Å². The van der Waals surface area contributed by atoms with Crippen molar-refractivity contribution in [1.29, 1.82) is 0 Å². The fraction of sp³-hybridized carbons (Fsp3) is 0.375. The lowest BCUT2D eigenvalue weighted by atomic mass is 10.2. The minimum atomic E-state index is -4.38. The quantitative estimate of drug-likeness (QED) is 0.793. The standard InChI is InChI=1S/C16H18F3N3OS/c1-10(2)21(4)14(23)20-15-22(9-11(3)24-15)13-7-5-12(6-8-13)16(17,18)19/h5-10H,1-4H3/b20-15-. The van der Waals surface area contributed by atoms with Gasteiger partial charge in [0.1, 0.15) is 0 Å². The highest BCUT2D eigenvalue weighted by atomic mass is 32.1. The van der Waals surface area contributed by atoms with Crippen LogP contribution in [-0.2, 0) is 6.18 Å². The van der Waals surface area contributed by atoms with Crippen molar-refractivity contribution in [1.82, 2.24) is 9.47 Å². The molecule has 1 heterocycles. The molecule has 2 aromatic rings. The number of urea groups is 1. The molecule has 24 heavy (non-hydrogen) atoms. The minimum Gasteiger partial charge on any atom is -0.323 e. The SMILES string of the molecule is Cc1cn(-c2ccc(C(F)(F)F)cc2)/c(=N/C(=O)N(C)C(C)C)s1. The van der Waals surface area contributed by atoms with Crippen LogP contribution in [0.15, 0.2) is 35.5 Å². The van der Waals surface area contributed by atoms with Crippen molar-refractivity contribution < 1.29 is 18.0 Å². The van der Waals surface area contributed by atoms with Gasteiger partial charge >= 0.3 is 12.2 Å². The number of amides is 2. The molecule has 2 rings (SSSR count). The molecule has 0 unspecified atom stereocenters. The van der Waals surface area contributed by atoms with Gasteiger partial charge in [-0.2, -0.15) is 18.2 Å². The lowest BCUT2D eigenvalue weighted by Gasteiger charge is -2.18. The highest BCUT2D eigenvalue weighted by molar-refractivity contribution is 7.09. The maximum atomic E-state index is 12.7. The van der Waals surface area contributed by atoms with Crippen LogP contribution < -0.4 is 4.80 Å². The number of hydrogen-bond donors (Lipinski definition) is 0. The Labute approximate surface area is 141 Å². The number of alkyl halides is 3. The number of halogens is 3. The maximum absolute atomic E-state index is 12.7. The van der Waals surface area contributed by atoms with Gasteiger partial charge < -0.3 is 4.90 Å². The van der Waals surface area contributed by atoms with E-state index in [9.17, 15) is 18.0 Å². The summed E-state index contributed by atoms with van der Waals surface area (Å²) in [4.78, 5) is 19.0. The molecule has 130 valence electrons. The minimum absolute atomic E-state index is 0.00169. The van der Waals surface area contributed by atoms with Gasteiger partial charge in [-0.25, -0.2) is 4.79 Å². The molecule has 8 heteroatoms. The molecule has 0 N–H and O–H groups in total. The van der Waals surface area contributed by atoms with Crippen molar-refractivity contribution >= 4 is 17.4 Å². The lowest BCUT2D eigenvalue weighted by Crippen LogP contribution is -2.32. The second-order valence-corrected chi connectivity index (χ2v) is 6.85. The Morgan fingerprint density at radius 2 is 1.83 bits per heavy atom. The molecular formula is C16H18F3N3OS. The van der Waals surface area contributed by atoms with E-state index >= 15 is 0 Å². The molecule has 0 spiro atoms. The molecule has 0 bridgehead atoms. The summed E-state index contributed by atoms with van der Waals surface area (Å²) in [5, 5.41) is 0. The molecular weight excluding hydrogens is 339 g/mol. The predicted molar refractivity (Wildman–Crippen MR) is 87.2 cm³/mol. The number of carbonyl (C=O) groups is 1. The van der Waals surface area contributed by atoms with Gasteiger partial charge in [0.15, 0.2) is 4.80 Å². The average molecular weight is 357 g/mol. The Morgan fingerprint density at radius 3 is 2.33 bits per heavy atom. The molecule has 0 atom stereocenters. The Hall–Kier alpha value is -2.09. The lowest BCUT2D eigenvalue weighted by molar-refractivity contribution is -0.137. The van der Waals surface area contributed by atoms with E-state index < -0.39 is 17.8 Å². The fourth-order valence-electron chi connectivity index (χ4n) is 1.91. The number of nitrogens with zero attached hydrogens (tertiary/aromatic N) is 3. The third-order valence-electron chi connectivity index (χ3n) is 3.51. The maximum Gasteiger partial charge on any atom is 0.416 e. The molecule has 1 aromatic carbocycles. The largest absolute Gasteiger partial charge is 0.416 e. The van der Waals surface area contributed by atoms with Gasteiger partial charge in [0.25, 0.3) is 0 Å². The second-order valence-electron chi connectivity index (χ2n) is 5.64. The summed E-state index contributed by atoms with van der Waals surface area (Å²) in [7, 11) is 1.65. The van der Waals surface area contributed by atoms with Crippen LogP contribution in [0.3, 0.4) is 0 Å². The average Bonchev–Trinajstić information content (AvgIpc) is 2.86. The Balaban J connectivity index is 2.44. The predicted octanol–water partition coefficient (Wildman–Crippen LogP) is 4.23. The van der Waals surface area contributed by atoms with E-state index in [0.717, 1.165) is 17.0 Å². The zero-order valence-corrected chi connectivity index (χ0v) is 14.6. The number of aromatic nitrogens is 1. The van der Waals surface area contributed by atoms with Crippen LogP contribution in [-0.4, -0.2) is 28.6 Å². The van der Waals surface area contributed by atoms with E-state index in [0.29, 0.717) is 10.5 Å². The first-order valence-electron chi connectivity index (χ1n) is 7.28. The molecule has 0 saturated carbocycles. The molecule has 0 fully saturated rings. The first-order chi connectivity index (χ1) is 11.1. The van der Waals surface area contributed by atoms with E-state index in [1.54, 1.807) is 17.8 Å². The molecule has 0 aliphatic carbocycles. The van der Waals surface area contributed by atoms with Crippen LogP contribution in [0, 0.1) is 6.92 Å². The van der Waals surface area contributed by atoms with E-state index in [2.05, 4.69) is 4.99 Å². The summed E-state index contributed by atoms with van der Waals surface area (Å²) in [5.41, 5.74) is -0.195. The zero-order valence-electron chi connectivity index (χ0n) is 13.8. The number of hydrogen-bond acceptors (Lipinski definition) is 2. The molecule has 1 aromatic heterocycles. The van der Waals surface area contributed by atoms with Gasteiger partial charge in [-0.05, 0) is 45.0 Å².